The van der Waals surface area contributed by atoms with Crippen LogP contribution in [-0.4, -0.2) is 53.7 Å². The monoisotopic (exact) mass is 458 g/mol. The number of carbonyl (C=O) groups is 2. The van der Waals surface area contributed by atoms with Crippen molar-refractivity contribution in [2.24, 2.45) is 0 Å². The number of anilines is 1. The summed E-state index contributed by atoms with van der Waals surface area (Å²) in [6, 6.07) is 20.7. The van der Waals surface area contributed by atoms with Crippen LogP contribution >= 0.6 is 0 Å². The number of rotatable bonds is 5. The molecule has 0 radical (unpaired) electrons. The first-order valence-corrected chi connectivity index (χ1v) is 11.0. The van der Waals surface area contributed by atoms with Crippen LogP contribution in [0.5, 0.6) is 0 Å². The van der Waals surface area contributed by atoms with Crippen LogP contribution in [-0.2, 0) is 0 Å². The Balaban J connectivity index is 1.70. The summed E-state index contributed by atoms with van der Waals surface area (Å²) in [5, 5.41) is 11.0. The van der Waals surface area contributed by atoms with Gasteiger partial charge in [0.25, 0.3) is 17.5 Å². The van der Waals surface area contributed by atoms with Crippen molar-refractivity contribution in [1.82, 2.24) is 9.80 Å². The van der Waals surface area contributed by atoms with E-state index in [1.165, 1.54) is 24.3 Å². The van der Waals surface area contributed by atoms with Gasteiger partial charge in [-0.3, -0.25) is 19.7 Å². The molecule has 1 aliphatic rings. The Hall–Kier alpha value is -4.20. The van der Waals surface area contributed by atoms with E-state index in [1.807, 2.05) is 62.3 Å². The third kappa shape index (κ3) is 4.47. The number of nitrogens with zero attached hydrogens (tertiary/aromatic N) is 4. The van der Waals surface area contributed by atoms with Gasteiger partial charge >= 0.3 is 0 Å². The molecule has 2 amide bonds. The van der Waals surface area contributed by atoms with Crippen LogP contribution in [0.1, 0.15) is 38.0 Å². The highest BCUT2D eigenvalue weighted by Crippen LogP contribution is 2.34. The predicted octanol–water partition coefficient (Wildman–Crippen LogP) is 4.27. The number of nitro benzene ring substituents is 1. The molecular weight excluding hydrogens is 432 g/mol. The summed E-state index contributed by atoms with van der Waals surface area (Å²) >= 11 is 0. The fourth-order valence-electron chi connectivity index (χ4n) is 4.11. The van der Waals surface area contributed by atoms with Gasteiger partial charge in [0.1, 0.15) is 6.17 Å². The normalized spacial score (nSPS) is 15.3. The van der Waals surface area contributed by atoms with Crippen molar-refractivity contribution in [3.05, 3.63) is 105 Å². The molecule has 8 heteroatoms. The third-order valence-electron chi connectivity index (χ3n) is 6.03. The zero-order valence-corrected chi connectivity index (χ0v) is 19.3. The first-order chi connectivity index (χ1) is 16.3. The van der Waals surface area contributed by atoms with Gasteiger partial charge < -0.3 is 14.7 Å². The molecule has 0 unspecified atom stereocenters. The van der Waals surface area contributed by atoms with Crippen molar-refractivity contribution >= 4 is 23.2 Å². The second kappa shape index (κ2) is 9.35. The minimum atomic E-state index is -0.590. The van der Waals surface area contributed by atoms with Crippen LogP contribution in [0.2, 0.25) is 0 Å². The number of hydrogen-bond acceptors (Lipinski definition) is 5. The van der Waals surface area contributed by atoms with Crippen LogP contribution in [0.4, 0.5) is 11.4 Å². The van der Waals surface area contributed by atoms with Crippen LogP contribution in [0.3, 0.4) is 0 Å². The van der Waals surface area contributed by atoms with Crippen LogP contribution in [0.25, 0.3) is 0 Å². The van der Waals surface area contributed by atoms with E-state index in [0.29, 0.717) is 24.2 Å². The second-order valence-electron chi connectivity index (χ2n) is 8.53. The third-order valence-corrected chi connectivity index (χ3v) is 6.03. The van der Waals surface area contributed by atoms with E-state index in [1.54, 1.807) is 21.9 Å². The lowest BCUT2D eigenvalue weighted by molar-refractivity contribution is -0.384. The molecule has 34 heavy (non-hydrogen) atoms. The maximum Gasteiger partial charge on any atom is 0.269 e. The maximum atomic E-state index is 13.4. The highest BCUT2D eigenvalue weighted by molar-refractivity contribution is 5.98. The first-order valence-electron chi connectivity index (χ1n) is 11.0. The lowest BCUT2D eigenvalue weighted by Gasteiger charge is -2.31. The van der Waals surface area contributed by atoms with Gasteiger partial charge in [0.2, 0.25) is 0 Å². The molecule has 1 aliphatic heterocycles. The average Bonchev–Trinajstić information content (AvgIpc) is 3.29. The molecule has 0 aliphatic carbocycles. The Kier molecular flexibility index (Phi) is 6.32. The number of non-ortho nitro benzene ring substituents is 1. The number of aryl methyl sites for hydroxylation is 1. The standard InChI is InChI=1S/C26H26N4O4/c1-18-4-6-20(7-5-18)25(31)28-16-17-29(24(28)19-8-12-22(13-9-19)27(2)3)26(32)21-10-14-23(15-11-21)30(33)34/h4-15,24H,16-17H2,1-3H3/t24-/m1/s1. The van der Waals surface area contributed by atoms with Crippen molar-refractivity contribution in [3.8, 4) is 0 Å². The summed E-state index contributed by atoms with van der Waals surface area (Å²) in [5.41, 5.74) is 3.70. The number of carbonyl (C=O) groups excluding carboxylic acids is 2. The molecule has 0 saturated carbocycles. The number of amides is 2. The molecule has 0 aromatic heterocycles. The molecule has 0 bridgehead atoms. The molecule has 4 rings (SSSR count). The summed E-state index contributed by atoms with van der Waals surface area (Å²) in [7, 11) is 3.89. The van der Waals surface area contributed by atoms with E-state index in [4.69, 9.17) is 0 Å². The zero-order chi connectivity index (χ0) is 24.4. The SMILES string of the molecule is Cc1ccc(C(=O)N2CCN(C(=O)c3ccc([N+](=O)[O-])cc3)[C@@H]2c2ccc(N(C)C)cc2)cc1. The molecule has 0 N–H and O–H groups in total. The van der Waals surface area contributed by atoms with E-state index < -0.39 is 11.1 Å². The molecule has 1 fully saturated rings. The minimum absolute atomic E-state index is 0.0787. The first kappa shape index (κ1) is 23.0. The molecule has 3 aromatic rings. The molecule has 1 heterocycles. The zero-order valence-electron chi connectivity index (χ0n) is 19.3. The van der Waals surface area contributed by atoms with Gasteiger partial charge in [0.15, 0.2) is 0 Å². The molecular formula is C26H26N4O4. The molecule has 1 atom stereocenters. The summed E-state index contributed by atoms with van der Waals surface area (Å²) < 4.78 is 0. The van der Waals surface area contributed by atoms with Crippen molar-refractivity contribution < 1.29 is 14.5 Å². The second-order valence-corrected chi connectivity index (χ2v) is 8.53. The average molecular weight is 459 g/mol. The Morgan fingerprint density at radius 1 is 0.824 bits per heavy atom. The van der Waals surface area contributed by atoms with Gasteiger partial charge in [0, 0.05) is 56.1 Å². The van der Waals surface area contributed by atoms with Gasteiger partial charge in [-0.25, -0.2) is 0 Å². The van der Waals surface area contributed by atoms with E-state index in [2.05, 4.69) is 0 Å². The van der Waals surface area contributed by atoms with Crippen LogP contribution in [0, 0.1) is 17.0 Å². The Bertz CT molecular complexity index is 1210. The number of benzene rings is 3. The molecule has 174 valence electrons. The topological polar surface area (TPSA) is 87.0 Å². The summed E-state index contributed by atoms with van der Waals surface area (Å²) in [5.74, 6) is -0.434. The smallest absolute Gasteiger partial charge is 0.269 e. The Morgan fingerprint density at radius 2 is 1.29 bits per heavy atom. The van der Waals surface area contributed by atoms with Crippen molar-refractivity contribution in [2.45, 2.75) is 13.1 Å². The van der Waals surface area contributed by atoms with Crippen molar-refractivity contribution in [1.29, 1.82) is 0 Å². The van der Waals surface area contributed by atoms with E-state index >= 15 is 0 Å². The van der Waals surface area contributed by atoms with Crippen molar-refractivity contribution in [2.75, 3.05) is 32.1 Å². The van der Waals surface area contributed by atoms with Gasteiger partial charge in [-0.05, 0) is 48.9 Å². The van der Waals surface area contributed by atoms with Crippen molar-refractivity contribution in [3.63, 3.8) is 0 Å². The van der Waals surface area contributed by atoms with Gasteiger partial charge in [-0.15, -0.1) is 0 Å². The predicted molar refractivity (Wildman–Crippen MR) is 130 cm³/mol. The lowest BCUT2D eigenvalue weighted by Crippen LogP contribution is -2.38. The summed E-state index contributed by atoms with van der Waals surface area (Å²) in [6.07, 6.45) is -0.590. The van der Waals surface area contributed by atoms with E-state index in [0.717, 1.165) is 16.8 Å². The van der Waals surface area contributed by atoms with Gasteiger partial charge in [0.05, 0.1) is 4.92 Å². The quantitative estimate of drug-likeness (QED) is 0.421. The van der Waals surface area contributed by atoms with Gasteiger partial charge in [-0.2, -0.15) is 0 Å². The number of hydrogen-bond donors (Lipinski definition) is 0. The van der Waals surface area contributed by atoms with E-state index in [-0.39, 0.29) is 17.5 Å². The van der Waals surface area contributed by atoms with E-state index in [9.17, 15) is 19.7 Å². The molecule has 8 nitrogen and oxygen atoms in total. The molecule has 0 spiro atoms. The summed E-state index contributed by atoms with van der Waals surface area (Å²) in [4.78, 5) is 42.7. The van der Waals surface area contributed by atoms with Crippen LogP contribution < -0.4 is 4.90 Å². The molecule has 1 saturated heterocycles. The fraction of sp³-hybridized carbons (Fsp3) is 0.231. The Labute approximate surface area is 198 Å². The molecule has 3 aromatic carbocycles. The minimum Gasteiger partial charge on any atom is -0.378 e. The highest BCUT2D eigenvalue weighted by atomic mass is 16.6. The van der Waals surface area contributed by atoms with Crippen LogP contribution in [0.15, 0.2) is 72.8 Å². The summed E-state index contributed by atoms with van der Waals surface area (Å²) in [6.45, 7) is 2.70. The maximum absolute atomic E-state index is 13.4. The van der Waals surface area contributed by atoms with Gasteiger partial charge in [-0.1, -0.05) is 29.8 Å². The number of nitro groups is 1. The lowest BCUT2D eigenvalue weighted by atomic mass is 10.1. The highest BCUT2D eigenvalue weighted by Gasteiger charge is 2.39. The fourth-order valence-corrected chi connectivity index (χ4v) is 4.11. The largest absolute Gasteiger partial charge is 0.378 e. The Morgan fingerprint density at radius 3 is 1.74 bits per heavy atom.